The van der Waals surface area contributed by atoms with Crippen LogP contribution < -0.4 is 14.2 Å². The van der Waals surface area contributed by atoms with Crippen molar-refractivity contribution in [2.45, 2.75) is 32.2 Å². The summed E-state index contributed by atoms with van der Waals surface area (Å²) in [6.45, 7) is 3.19. The first-order chi connectivity index (χ1) is 15.1. The van der Waals surface area contributed by atoms with Crippen LogP contribution in [0.2, 0.25) is 5.02 Å². The number of aromatic amines is 1. The maximum Gasteiger partial charge on any atom is 0.210 e. The van der Waals surface area contributed by atoms with Crippen LogP contribution in [-0.2, 0) is 17.6 Å². The van der Waals surface area contributed by atoms with Gasteiger partial charge < -0.3 is 24.1 Å². The van der Waals surface area contributed by atoms with Gasteiger partial charge >= 0.3 is 0 Å². The number of fused-ring (bicyclic) bond motifs is 2. The molecule has 0 bridgehead atoms. The van der Waals surface area contributed by atoms with Crippen molar-refractivity contribution in [3.63, 3.8) is 0 Å². The molecule has 0 spiro atoms. The van der Waals surface area contributed by atoms with Crippen LogP contribution in [0.4, 0.5) is 0 Å². The van der Waals surface area contributed by atoms with Crippen LogP contribution in [-0.4, -0.2) is 43.7 Å². The molecule has 4 rings (SSSR count). The molecule has 1 atom stereocenters. The maximum atomic E-state index is 11.8. The van der Waals surface area contributed by atoms with E-state index in [0.717, 1.165) is 47.9 Å². The lowest BCUT2D eigenvalue weighted by atomic mass is 9.88. The summed E-state index contributed by atoms with van der Waals surface area (Å²) in [5.41, 5.74) is 4.47. The number of ether oxygens (including phenoxy) is 3. The minimum atomic E-state index is -0.0227. The van der Waals surface area contributed by atoms with Crippen LogP contribution in [0.3, 0.4) is 0 Å². The molecule has 31 heavy (non-hydrogen) atoms. The number of aryl methyl sites for hydroxylation is 1. The summed E-state index contributed by atoms with van der Waals surface area (Å²) in [4.78, 5) is 17.0. The Bertz CT molecular complexity index is 1090. The Morgan fingerprint density at radius 2 is 1.97 bits per heavy atom. The van der Waals surface area contributed by atoms with Crippen molar-refractivity contribution in [3.05, 3.63) is 52.2 Å². The van der Waals surface area contributed by atoms with E-state index in [1.54, 1.807) is 14.2 Å². The molecule has 0 radical (unpaired) electrons. The number of halogens is 1. The van der Waals surface area contributed by atoms with Crippen LogP contribution in [0.15, 0.2) is 30.5 Å². The maximum absolute atomic E-state index is 11.8. The first kappa shape index (κ1) is 21.4. The molecular formula is C24H27ClN2O4. The summed E-state index contributed by atoms with van der Waals surface area (Å²) in [6.07, 6.45) is 5.36. The molecule has 0 fully saturated rings. The number of hydrogen-bond donors (Lipinski definition) is 1. The molecule has 1 aliphatic heterocycles. The number of benzene rings is 2. The molecule has 164 valence electrons. The van der Waals surface area contributed by atoms with Crippen molar-refractivity contribution in [2.24, 2.45) is 0 Å². The highest BCUT2D eigenvalue weighted by atomic mass is 35.5. The van der Waals surface area contributed by atoms with Crippen molar-refractivity contribution in [3.8, 4) is 17.2 Å². The molecule has 0 saturated heterocycles. The van der Waals surface area contributed by atoms with Gasteiger partial charge in [-0.05, 0) is 67.1 Å². The normalized spacial score (nSPS) is 15.6. The molecule has 6 nitrogen and oxygen atoms in total. The molecule has 7 heteroatoms. The summed E-state index contributed by atoms with van der Waals surface area (Å²) in [6, 6.07) is 7.91. The molecule has 1 aromatic heterocycles. The summed E-state index contributed by atoms with van der Waals surface area (Å²) in [5, 5.41) is 1.66. The van der Waals surface area contributed by atoms with E-state index in [-0.39, 0.29) is 6.04 Å². The van der Waals surface area contributed by atoms with Crippen molar-refractivity contribution in [1.29, 1.82) is 0 Å². The van der Waals surface area contributed by atoms with Gasteiger partial charge in [-0.2, -0.15) is 0 Å². The van der Waals surface area contributed by atoms with E-state index < -0.39 is 0 Å². The topological polar surface area (TPSA) is 63.8 Å². The van der Waals surface area contributed by atoms with Crippen LogP contribution in [0.1, 0.15) is 36.1 Å². The first-order valence-electron chi connectivity index (χ1n) is 10.5. The van der Waals surface area contributed by atoms with Crippen molar-refractivity contribution in [1.82, 2.24) is 9.88 Å². The second-order valence-corrected chi connectivity index (χ2v) is 8.04. The minimum absolute atomic E-state index is 0.0227. The molecule has 1 N–H and O–H groups in total. The van der Waals surface area contributed by atoms with Crippen LogP contribution in [0.25, 0.3) is 10.9 Å². The van der Waals surface area contributed by atoms with Gasteiger partial charge in [0.2, 0.25) is 6.41 Å². The molecule has 1 amide bonds. The van der Waals surface area contributed by atoms with E-state index in [9.17, 15) is 4.79 Å². The number of methoxy groups -OCH3 is 2. The van der Waals surface area contributed by atoms with E-state index in [1.807, 2.05) is 42.3 Å². The Morgan fingerprint density at radius 3 is 2.68 bits per heavy atom. The van der Waals surface area contributed by atoms with Gasteiger partial charge in [-0.15, -0.1) is 0 Å². The Morgan fingerprint density at radius 1 is 1.16 bits per heavy atom. The van der Waals surface area contributed by atoms with Crippen LogP contribution in [0, 0.1) is 0 Å². The zero-order valence-corrected chi connectivity index (χ0v) is 18.8. The van der Waals surface area contributed by atoms with Crippen LogP contribution in [0.5, 0.6) is 17.2 Å². The molecular weight excluding hydrogens is 416 g/mol. The lowest BCUT2D eigenvalue weighted by molar-refractivity contribution is -0.120. The van der Waals surface area contributed by atoms with Gasteiger partial charge in [0.05, 0.1) is 31.9 Å². The second-order valence-electron chi connectivity index (χ2n) is 7.63. The molecule has 0 aliphatic carbocycles. The van der Waals surface area contributed by atoms with Gasteiger partial charge in [-0.25, -0.2) is 0 Å². The predicted octanol–water partition coefficient (Wildman–Crippen LogP) is 4.93. The second kappa shape index (κ2) is 9.10. The fourth-order valence-electron chi connectivity index (χ4n) is 4.44. The summed E-state index contributed by atoms with van der Waals surface area (Å²) < 4.78 is 16.7. The van der Waals surface area contributed by atoms with E-state index in [1.165, 1.54) is 11.1 Å². The zero-order valence-electron chi connectivity index (χ0n) is 18.0. The Balaban J connectivity index is 1.66. The average molecular weight is 443 g/mol. The number of amides is 1. The van der Waals surface area contributed by atoms with Gasteiger partial charge in [0.25, 0.3) is 0 Å². The minimum Gasteiger partial charge on any atom is -0.495 e. The number of H-pyrrole nitrogens is 1. The molecule has 2 aromatic carbocycles. The lowest BCUT2D eigenvalue weighted by Gasteiger charge is -2.35. The molecule has 0 saturated carbocycles. The van der Waals surface area contributed by atoms with Crippen molar-refractivity contribution in [2.75, 3.05) is 27.4 Å². The Kier molecular flexibility index (Phi) is 6.28. The van der Waals surface area contributed by atoms with Gasteiger partial charge in [-0.3, -0.25) is 4.79 Å². The number of carbonyl (C=O) groups excluding carboxylic acids is 1. The SMILES string of the molecule is CCOc1cc2c(cc1OC)CCN(C=O)[C@H]2CCc1c[nH]c2cc(Cl)c(OC)cc12. The molecule has 2 heterocycles. The summed E-state index contributed by atoms with van der Waals surface area (Å²) >= 11 is 6.26. The van der Waals surface area contributed by atoms with Gasteiger partial charge in [0.15, 0.2) is 11.5 Å². The average Bonchev–Trinajstić information content (AvgIpc) is 3.17. The highest BCUT2D eigenvalue weighted by molar-refractivity contribution is 6.32. The van der Waals surface area contributed by atoms with Gasteiger partial charge in [-0.1, -0.05) is 11.6 Å². The number of hydrogen-bond acceptors (Lipinski definition) is 4. The number of carbonyl (C=O) groups is 1. The molecule has 0 unspecified atom stereocenters. The third-order valence-electron chi connectivity index (χ3n) is 5.99. The largest absolute Gasteiger partial charge is 0.495 e. The quantitative estimate of drug-likeness (QED) is 0.502. The van der Waals surface area contributed by atoms with E-state index in [4.69, 9.17) is 25.8 Å². The van der Waals surface area contributed by atoms with E-state index in [0.29, 0.717) is 29.7 Å². The lowest BCUT2D eigenvalue weighted by Crippen LogP contribution is -2.34. The third kappa shape index (κ3) is 4.04. The number of rotatable bonds is 8. The first-order valence-corrected chi connectivity index (χ1v) is 10.9. The fourth-order valence-corrected chi connectivity index (χ4v) is 4.68. The fraction of sp³-hybridized carbons (Fsp3) is 0.375. The monoisotopic (exact) mass is 442 g/mol. The molecule has 1 aliphatic rings. The highest BCUT2D eigenvalue weighted by Gasteiger charge is 2.28. The van der Waals surface area contributed by atoms with Gasteiger partial charge in [0.1, 0.15) is 5.75 Å². The number of nitrogens with zero attached hydrogens (tertiary/aromatic N) is 1. The standard InChI is InChI=1S/C24H27ClN2O4/c1-4-31-24-11-18-15(9-23(24)30-3)7-8-27(14-28)21(18)6-5-16-13-26-20-12-19(25)22(29-2)10-17(16)20/h9-14,21,26H,4-8H2,1-3H3/t21-/m0/s1. The summed E-state index contributed by atoms with van der Waals surface area (Å²) in [5.74, 6) is 2.11. The smallest absolute Gasteiger partial charge is 0.210 e. The highest BCUT2D eigenvalue weighted by Crippen LogP contribution is 2.40. The Labute approximate surface area is 187 Å². The zero-order chi connectivity index (χ0) is 22.0. The van der Waals surface area contributed by atoms with E-state index in [2.05, 4.69) is 4.98 Å². The van der Waals surface area contributed by atoms with Crippen LogP contribution >= 0.6 is 11.6 Å². The van der Waals surface area contributed by atoms with Crippen molar-refractivity contribution >= 4 is 28.9 Å². The molecule has 3 aromatic rings. The number of aromatic nitrogens is 1. The predicted molar refractivity (Wildman–Crippen MR) is 122 cm³/mol. The number of nitrogens with one attached hydrogen (secondary N) is 1. The Hall–Kier alpha value is -2.86. The van der Waals surface area contributed by atoms with E-state index >= 15 is 0 Å². The summed E-state index contributed by atoms with van der Waals surface area (Å²) in [7, 11) is 3.27. The van der Waals surface area contributed by atoms with Gasteiger partial charge in [0, 0.05) is 23.6 Å². The third-order valence-corrected chi connectivity index (χ3v) is 6.28. The van der Waals surface area contributed by atoms with Crippen molar-refractivity contribution < 1.29 is 19.0 Å².